The summed E-state index contributed by atoms with van der Waals surface area (Å²) in [5, 5.41) is 0. The number of rotatable bonds is 3. The first-order chi connectivity index (χ1) is 10.4. The Hall–Kier alpha value is -2.43. The van der Waals surface area contributed by atoms with Crippen molar-refractivity contribution in [3.05, 3.63) is 54.9 Å². The molecule has 4 rings (SSSR count). The van der Waals surface area contributed by atoms with Crippen LogP contribution in [0.25, 0.3) is 5.65 Å². The zero-order chi connectivity index (χ0) is 14.1. The first-order valence-electron chi connectivity index (χ1n) is 7.32. The van der Waals surface area contributed by atoms with E-state index in [-0.39, 0.29) is 0 Å². The van der Waals surface area contributed by atoms with Crippen molar-refractivity contribution in [3.8, 4) is 0 Å². The Kier molecular flexibility index (Phi) is 3.03. The third kappa shape index (κ3) is 2.35. The fraction of sp³-hybridized carbons (Fsp3) is 0.312. The van der Waals surface area contributed by atoms with Crippen molar-refractivity contribution in [1.82, 2.24) is 19.4 Å². The molecule has 3 aromatic rings. The number of nitrogens with zero attached hydrogens (tertiary/aromatic N) is 5. The van der Waals surface area contributed by atoms with Gasteiger partial charge < -0.3 is 4.90 Å². The molecule has 1 fully saturated rings. The van der Waals surface area contributed by atoms with E-state index in [2.05, 4.69) is 36.4 Å². The number of imidazole rings is 1. The van der Waals surface area contributed by atoms with Crippen molar-refractivity contribution in [2.24, 2.45) is 5.92 Å². The van der Waals surface area contributed by atoms with E-state index < -0.39 is 0 Å². The Balaban J connectivity index is 1.52. The minimum Gasteiger partial charge on any atom is -0.356 e. The first-order valence-corrected chi connectivity index (χ1v) is 7.32. The molecule has 1 atom stereocenters. The molecule has 5 heteroatoms. The van der Waals surface area contributed by atoms with Gasteiger partial charge in [0.05, 0.1) is 12.4 Å². The number of hydrogen-bond donors (Lipinski definition) is 0. The van der Waals surface area contributed by atoms with Gasteiger partial charge in [-0.15, -0.1) is 0 Å². The van der Waals surface area contributed by atoms with Crippen LogP contribution in [0.4, 0.5) is 5.82 Å². The third-order valence-electron chi connectivity index (χ3n) is 4.13. The van der Waals surface area contributed by atoms with Crippen LogP contribution in [0.1, 0.15) is 12.1 Å². The van der Waals surface area contributed by atoms with Crippen LogP contribution < -0.4 is 4.90 Å². The van der Waals surface area contributed by atoms with Crippen LogP contribution >= 0.6 is 0 Å². The van der Waals surface area contributed by atoms with Gasteiger partial charge in [-0.2, -0.15) is 0 Å². The molecular formula is C16H17N5. The minimum atomic E-state index is 0.652. The van der Waals surface area contributed by atoms with Gasteiger partial charge in [-0.05, 0) is 30.9 Å². The molecule has 0 saturated carbocycles. The normalized spacial score (nSPS) is 18.5. The van der Waals surface area contributed by atoms with Crippen LogP contribution in [0, 0.1) is 5.92 Å². The quantitative estimate of drug-likeness (QED) is 0.737. The summed E-state index contributed by atoms with van der Waals surface area (Å²) in [6.45, 7) is 2.12. The summed E-state index contributed by atoms with van der Waals surface area (Å²) in [5.41, 5.74) is 2.09. The molecular weight excluding hydrogens is 262 g/mol. The summed E-state index contributed by atoms with van der Waals surface area (Å²) in [6.07, 6.45) is 11.7. The molecule has 1 aliphatic rings. The summed E-state index contributed by atoms with van der Waals surface area (Å²) < 4.78 is 2.11. The van der Waals surface area contributed by atoms with Crippen LogP contribution in [0.3, 0.4) is 0 Å². The molecule has 21 heavy (non-hydrogen) atoms. The number of fused-ring (bicyclic) bond motifs is 1. The fourth-order valence-corrected chi connectivity index (χ4v) is 3.09. The van der Waals surface area contributed by atoms with E-state index in [1.165, 1.54) is 12.1 Å². The molecule has 0 N–H and O–H groups in total. The molecule has 5 nitrogen and oxygen atoms in total. The van der Waals surface area contributed by atoms with E-state index in [4.69, 9.17) is 0 Å². The minimum absolute atomic E-state index is 0.652. The van der Waals surface area contributed by atoms with Gasteiger partial charge in [-0.25, -0.2) is 4.98 Å². The molecule has 0 radical (unpaired) electrons. The number of anilines is 1. The van der Waals surface area contributed by atoms with E-state index in [0.29, 0.717) is 5.92 Å². The number of aromatic nitrogens is 4. The van der Waals surface area contributed by atoms with Crippen LogP contribution in [-0.4, -0.2) is 32.4 Å². The smallest absolute Gasteiger partial charge is 0.156 e. The average molecular weight is 279 g/mol. The SMILES string of the molecule is c1ccc(CC2CCN(c3cncc4nccn34)C2)nc1. The van der Waals surface area contributed by atoms with E-state index in [9.17, 15) is 0 Å². The summed E-state index contributed by atoms with van der Waals surface area (Å²) in [5.74, 6) is 1.78. The van der Waals surface area contributed by atoms with Crippen LogP contribution in [0.2, 0.25) is 0 Å². The molecule has 0 amide bonds. The highest BCUT2D eigenvalue weighted by molar-refractivity contribution is 5.49. The molecule has 0 spiro atoms. The lowest BCUT2D eigenvalue weighted by atomic mass is 10.0. The maximum Gasteiger partial charge on any atom is 0.156 e. The van der Waals surface area contributed by atoms with Crippen molar-refractivity contribution < 1.29 is 0 Å². The topological polar surface area (TPSA) is 46.3 Å². The average Bonchev–Trinajstić information content (AvgIpc) is 3.16. The standard InChI is InChI=1S/C16H17N5/c1-2-5-18-14(3-1)9-13-4-7-20(12-13)16-11-17-10-15-19-6-8-21(15)16/h1-3,5-6,8,10-11,13H,4,7,9,12H2. The van der Waals surface area contributed by atoms with E-state index in [1.54, 1.807) is 6.20 Å². The van der Waals surface area contributed by atoms with Gasteiger partial charge in [-0.3, -0.25) is 14.4 Å². The Morgan fingerprint density at radius 3 is 3.05 bits per heavy atom. The molecule has 3 aromatic heterocycles. The zero-order valence-electron chi connectivity index (χ0n) is 11.8. The third-order valence-corrected chi connectivity index (χ3v) is 4.13. The van der Waals surface area contributed by atoms with Crippen molar-refractivity contribution in [2.75, 3.05) is 18.0 Å². The molecule has 1 unspecified atom stereocenters. The molecule has 1 saturated heterocycles. The van der Waals surface area contributed by atoms with E-state index >= 15 is 0 Å². The van der Waals surface area contributed by atoms with Crippen LogP contribution in [0.15, 0.2) is 49.2 Å². The summed E-state index contributed by atoms with van der Waals surface area (Å²) in [7, 11) is 0. The highest BCUT2D eigenvalue weighted by Crippen LogP contribution is 2.25. The molecule has 1 aliphatic heterocycles. The van der Waals surface area contributed by atoms with Gasteiger partial charge in [0.15, 0.2) is 5.65 Å². The van der Waals surface area contributed by atoms with Gasteiger partial charge in [0.25, 0.3) is 0 Å². The summed E-state index contributed by atoms with van der Waals surface area (Å²) in [4.78, 5) is 15.4. The maximum atomic E-state index is 4.44. The van der Waals surface area contributed by atoms with Crippen LogP contribution in [0.5, 0.6) is 0 Å². The lowest BCUT2D eigenvalue weighted by molar-refractivity contribution is 0.577. The maximum absolute atomic E-state index is 4.44. The van der Waals surface area contributed by atoms with E-state index in [0.717, 1.165) is 31.0 Å². The second kappa shape index (κ2) is 5.16. The Labute approximate surface area is 123 Å². The van der Waals surface area contributed by atoms with Crippen molar-refractivity contribution in [3.63, 3.8) is 0 Å². The molecule has 4 heterocycles. The monoisotopic (exact) mass is 279 g/mol. The Morgan fingerprint density at radius 1 is 1.14 bits per heavy atom. The van der Waals surface area contributed by atoms with Crippen molar-refractivity contribution >= 4 is 11.5 Å². The molecule has 0 aromatic carbocycles. The predicted molar refractivity (Wildman–Crippen MR) is 81.2 cm³/mol. The van der Waals surface area contributed by atoms with Crippen molar-refractivity contribution in [1.29, 1.82) is 0 Å². The van der Waals surface area contributed by atoms with Gasteiger partial charge in [0.2, 0.25) is 0 Å². The first kappa shape index (κ1) is 12.3. The predicted octanol–water partition coefficient (Wildman–Crippen LogP) is 2.19. The van der Waals surface area contributed by atoms with Crippen LogP contribution in [-0.2, 0) is 6.42 Å². The lowest BCUT2D eigenvalue weighted by Crippen LogP contribution is -2.22. The zero-order valence-corrected chi connectivity index (χ0v) is 11.8. The fourth-order valence-electron chi connectivity index (χ4n) is 3.09. The van der Waals surface area contributed by atoms with Gasteiger partial charge >= 0.3 is 0 Å². The molecule has 0 aliphatic carbocycles. The van der Waals surface area contributed by atoms with Crippen molar-refractivity contribution in [2.45, 2.75) is 12.8 Å². The lowest BCUT2D eigenvalue weighted by Gasteiger charge is -2.19. The number of hydrogen-bond acceptors (Lipinski definition) is 4. The highest BCUT2D eigenvalue weighted by Gasteiger charge is 2.24. The van der Waals surface area contributed by atoms with Gasteiger partial charge in [0.1, 0.15) is 5.82 Å². The second-order valence-electron chi connectivity index (χ2n) is 5.55. The van der Waals surface area contributed by atoms with E-state index in [1.807, 2.05) is 30.9 Å². The summed E-state index contributed by atoms with van der Waals surface area (Å²) in [6, 6.07) is 6.14. The number of pyridine rings is 1. The highest BCUT2D eigenvalue weighted by atomic mass is 15.3. The van der Waals surface area contributed by atoms with Gasteiger partial charge in [0, 0.05) is 37.4 Å². The Morgan fingerprint density at radius 2 is 2.14 bits per heavy atom. The Bertz CT molecular complexity index is 737. The molecule has 0 bridgehead atoms. The summed E-state index contributed by atoms with van der Waals surface area (Å²) >= 11 is 0. The van der Waals surface area contributed by atoms with Gasteiger partial charge in [-0.1, -0.05) is 6.07 Å². The molecule has 106 valence electrons. The largest absolute Gasteiger partial charge is 0.356 e. The second-order valence-corrected chi connectivity index (χ2v) is 5.55.